The van der Waals surface area contributed by atoms with Crippen LogP contribution in [0.2, 0.25) is 0 Å². The van der Waals surface area contributed by atoms with Crippen LogP contribution in [-0.4, -0.2) is 24.6 Å². The van der Waals surface area contributed by atoms with Crippen molar-refractivity contribution in [1.82, 2.24) is 4.90 Å². The van der Waals surface area contributed by atoms with Crippen molar-refractivity contribution >= 4 is 0 Å². The lowest BCUT2D eigenvalue weighted by Gasteiger charge is -2.32. The molecule has 1 heterocycles. The van der Waals surface area contributed by atoms with Gasteiger partial charge in [-0.05, 0) is 44.5 Å². The number of nitrogens with zero attached hydrogens (tertiary/aromatic N) is 1. The van der Waals surface area contributed by atoms with Gasteiger partial charge < -0.3 is 10.5 Å². The Morgan fingerprint density at radius 1 is 1.41 bits per heavy atom. The van der Waals surface area contributed by atoms with Crippen molar-refractivity contribution < 1.29 is 4.74 Å². The molecular formula is C14H22N2O. The molecule has 0 spiro atoms. The zero-order valence-electron chi connectivity index (χ0n) is 11.0. The van der Waals surface area contributed by atoms with Crippen molar-refractivity contribution in [3.63, 3.8) is 0 Å². The van der Waals surface area contributed by atoms with Gasteiger partial charge in [-0.15, -0.1) is 0 Å². The van der Waals surface area contributed by atoms with Crippen LogP contribution in [0.1, 0.15) is 30.5 Å². The molecule has 1 atom stereocenters. The van der Waals surface area contributed by atoms with Crippen molar-refractivity contribution in [1.29, 1.82) is 0 Å². The summed E-state index contributed by atoms with van der Waals surface area (Å²) in [5, 5.41) is 0. The zero-order valence-corrected chi connectivity index (χ0v) is 11.0. The van der Waals surface area contributed by atoms with Crippen molar-refractivity contribution in [2.75, 3.05) is 13.7 Å². The van der Waals surface area contributed by atoms with Crippen molar-refractivity contribution in [3.8, 4) is 5.75 Å². The third-order valence-corrected chi connectivity index (χ3v) is 3.59. The Balaban J connectivity index is 2.37. The van der Waals surface area contributed by atoms with Gasteiger partial charge in [0.05, 0.1) is 6.61 Å². The van der Waals surface area contributed by atoms with E-state index in [1.807, 2.05) is 6.92 Å². The average molecular weight is 234 g/mol. The van der Waals surface area contributed by atoms with Crippen molar-refractivity contribution in [2.45, 2.75) is 39.4 Å². The van der Waals surface area contributed by atoms with Crippen molar-refractivity contribution in [3.05, 3.63) is 28.8 Å². The molecule has 0 saturated heterocycles. The molecule has 0 amide bonds. The molecule has 17 heavy (non-hydrogen) atoms. The standard InChI is InChI=1S/C14H22N2O/c1-4-17-14-7-13-9-16(3)10(2)5-11(13)6-12(14)8-15/h6-7,10H,4-5,8-9,15H2,1-3H3. The fourth-order valence-electron chi connectivity index (χ4n) is 2.40. The topological polar surface area (TPSA) is 38.5 Å². The average Bonchev–Trinajstić information content (AvgIpc) is 2.31. The van der Waals surface area contributed by atoms with E-state index < -0.39 is 0 Å². The van der Waals surface area contributed by atoms with Gasteiger partial charge >= 0.3 is 0 Å². The van der Waals surface area contributed by atoms with E-state index in [1.54, 1.807) is 0 Å². The number of fused-ring (bicyclic) bond motifs is 1. The van der Waals surface area contributed by atoms with E-state index in [1.165, 1.54) is 11.1 Å². The summed E-state index contributed by atoms with van der Waals surface area (Å²) >= 11 is 0. The smallest absolute Gasteiger partial charge is 0.124 e. The molecule has 0 bridgehead atoms. The molecule has 1 aromatic carbocycles. The Morgan fingerprint density at radius 2 is 2.18 bits per heavy atom. The van der Waals surface area contributed by atoms with Gasteiger partial charge in [-0.25, -0.2) is 0 Å². The number of hydrogen-bond donors (Lipinski definition) is 1. The summed E-state index contributed by atoms with van der Waals surface area (Å²) in [6.45, 7) is 6.52. The summed E-state index contributed by atoms with van der Waals surface area (Å²) in [6, 6.07) is 5.00. The van der Waals surface area contributed by atoms with E-state index in [0.29, 0.717) is 19.2 Å². The fourth-order valence-corrected chi connectivity index (χ4v) is 2.40. The lowest BCUT2D eigenvalue weighted by atomic mass is 9.93. The van der Waals surface area contributed by atoms with E-state index in [-0.39, 0.29) is 0 Å². The van der Waals surface area contributed by atoms with E-state index in [4.69, 9.17) is 10.5 Å². The first-order valence-electron chi connectivity index (χ1n) is 6.33. The maximum atomic E-state index is 5.79. The highest BCUT2D eigenvalue weighted by molar-refractivity contribution is 5.44. The Kier molecular flexibility index (Phi) is 3.69. The Bertz CT molecular complexity index is 403. The Labute approximate surface area is 104 Å². The summed E-state index contributed by atoms with van der Waals surface area (Å²) in [4.78, 5) is 2.38. The molecule has 94 valence electrons. The molecule has 0 aromatic heterocycles. The number of likely N-dealkylation sites (N-methyl/N-ethyl adjacent to an activating group) is 1. The van der Waals surface area contributed by atoms with Gasteiger partial charge in [-0.3, -0.25) is 4.90 Å². The molecule has 1 aliphatic heterocycles. The third kappa shape index (κ3) is 2.45. The molecule has 3 heteroatoms. The second-order valence-electron chi connectivity index (χ2n) is 4.83. The van der Waals surface area contributed by atoms with Crippen LogP contribution in [-0.2, 0) is 19.5 Å². The zero-order chi connectivity index (χ0) is 12.4. The van der Waals surface area contributed by atoms with Crippen molar-refractivity contribution in [2.24, 2.45) is 5.73 Å². The SMILES string of the molecule is CCOc1cc2c(cc1CN)CC(C)N(C)C2. The molecule has 0 radical (unpaired) electrons. The summed E-state index contributed by atoms with van der Waals surface area (Å²) < 4.78 is 5.66. The second kappa shape index (κ2) is 5.07. The first-order valence-corrected chi connectivity index (χ1v) is 6.33. The first-order chi connectivity index (χ1) is 8.15. The van der Waals surface area contributed by atoms with Gasteiger partial charge in [0.15, 0.2) is 0 Å². The van der Waals surface area contributed by atoms with Crippen LogP contribution < -0.4 is 10.5 Å². The van der Waals surface area contributed by atoms with Gasteiger partial charge in [0.2, 0.25) is 0 Å². The summed E-state index contributed by atoms with van der Waals surface area (Å²) in [5.74, 6) is 0.955. The Morgan fingerprint density at radius 3 is 2.82 bits per heavy atom. The molecule has 1 aromatic rings. The highest BCUT2D eigenvalue weighted by Gasteiger charge is 2.21. The van der Waals surface area contributed by atoms with Crippen LogP contribution in [0.4, 0.5) is 0 Å². The highest BCUT2D eigenvalue weighted by Crippen LogP contribution is 2.29. The maximum Gasteiger partial charge on any atom is 0.124 e. The molecule has 0 fully saturated rings. The summed E-state index contributed by atoms with van der Waals surface area (Å²) in [7, 11) is 2.17. The predicted octanol–water partition coefficient (Wildman–Crippen LogP) is 1.92. The molecule has 3 nitrogen and oxygen atoms in total. The minimum Gasteiger partial charge on any atom is -0.494 e. The molecule has 2 rings (SSSR count). The minimum absolute atomic E-state index is 0.548. The monoisotopic (exact) mass is 234 g/mol. The van der Waals surface area contributed by atoms with Crippen LogP contribution in [0.5, 0.6) is 5.75 Å². The molecule has 1 unspecified atom stereocenters. The van der Waals surface area contributed by atoms with E-state index in [0.717, 1.165) is 24.3 Å². The van der Waals surface area contributed by atoms with Crippen LogP contribution in [0.3, 0.4) is 0 Å². The van der Waals surface area contributed by atoms with Gasteiger partial charge in [0.1, 0.15) is 5.75 Å². The van der Waals surface area contributed by atoms with Crippen LogP contribution in [0, 0.1) is 0 Å². The lowest BCUT2D eigenvalue weighted by Crippen LogP contribution is -2.35. The largest absolute Gasteiger partial charge is 0.494 e. The van der Waals surface area contributed by atoms with Gasteiger partial charge in [-0.1, -0.05) is 6.07 Å². The quantitative estimate of drug-likeness (QED) is 0.868. The minimum atomic E-state index is 0.548. The number of ether oxygens (including phenoxy) is 1. The molecular weight excluding hydrogens is 212 g/mol. The fraction of sp³-hybridized carbons (Fsp3) is 0.571. The summed E-state index contributed by atoms with van der Waals surface area (Å²) in [5.41, 5.74) is 9.72. The van der Waals surface area contributed by atoms with Gasteiger partial charge in [0, 0.05) is 24.7 Å². The lowest BCUT2D eigenvalue weighted by molar-refractivity contribution is 0.230. The Hall–Kier alpha value is -1.06. The van der Waals surface area contributed by atoms with Gasteiger partial charge in [-0.2, -0.15) is 0 Å². The van der Waals surface area contributed by atoms with Crippen LogP contribution in [0.25, 0.3) is 0 Å². The van der Waals surface area contributed by atoms with E-state index >= 15 is 0 Å². The molecule has 0 saturated carbocycles. The number of rotatable bonds is 3. The van der Waals surface area contributed by atoms with Gasteiger partial charge in [0.25, 0.3) is 0 Å². The predicted molar refractivity (Wildman–Crippen MR) is 70.1 cm³/mol. The van der Waals surface area contributed by atoms with Crippen LogP contribution >= 0.6 is 0 Å². The number of hydrogen-bond acceptors (Lipinski definition) is 3. The normalized spacial score (nSPS) is 20.1. The summed E-state index contributed by atoms with van der Waals surface area (Å²) in [6.07, 6.45) is 1.10. The molecule has 2 N–H and O–H groups in total. The molecule has 0 aliphatic carbocycles. The maximum absolute atomic E-state index is 5.79. The highest BCUT2D eigenvalue weighted by atomic mass is 16.5. The number of nitrogens with two attached hydrogens (primary N) is 1. The van der Waals surface area contributed by atoms with E-state index in [2.05, 4.69) is 31.0 Å². The first kappa shape index (κ1) is 12.4. The molecule has 1 aliphatic rings. The van der Waals surface area contributed by atoms with E-state index in [9.17, 15) is 0 Å². The second-order valence-corrected chi connectivity index (χ2v) is 4.83. The third-order valence-electron chi connectivity index (χ3n) is 3.59. The van der Waals surface area contributed by atoms with Crippen LogP contribution in [0.15, 0.2) is 12.1 Å². The number of benzene rings is 1.